The number of para-hydroxylation sites is 1. The van der Waals surface area contributed by atoms with E-state index in [-0.39, 0.29) is 10.8 Å². The molecule has 1 radical (unpaired) electrons. The molecule has 0 saturated heterocycles. The van der Waals surface area contributed by atoms with Crippen molar-refractivity contribution in [1.29, 1.82) is 0 Å². The molecular weight excluding hydrogens is 328 g/mol. The first-order valence-electron chi connectivity index (χ1n) is 9.03. The molecule has 1 aliphatic rings. The number of nitrogens with zero attached hydrogens (tertiary/aromatic N) is 1. The van der Waals surface area contributed by atoms with Crippen molar-refractivity contribution in [3.63, 3.8) is 0 Å². The summed E-state index contributed by atoms with van der Waals surface area (Å²) in [7, 11) is 1.70. The van der Waals surface area contributed by atoms with Gasteiger partial charge in [-0.05, 0) is 55.6 Å². The minimum atomic E-state index is 0.191. The van der Waals surface area contributed by atoms with E-state index in [2.05, 4.69) is 44.5 Å². The molecule has 1 aromatic carbocycles. The third-order valence-corrected chi connectivity index (χ3v) is 6.52. The van der Waals surface area contributed by atoms with Gasteiger partial charge in [0.05, 0.1) is 12.8 Å². The minimum Gasteiger partial charge on any atom is -0.496 e. The topological polar surface area (TPSA) is 34.2 Å². The summed E-state index contributed by atoms with van der Waals surface area (Å²) in [6, 6.07) is 8.53. The lowest BCUT2D eigenvalue weighted by Crippen LogP contribution is -2.40. The predicted octanol–water partition coefficient (Wildman–Crippen LogP) is 6.04. The minimum absolute atomic E-state index is 0.191. The van der Waals surface area contributed by atoms with Gasteiger partial charge in [0.25, 0.3) is 0 Å². The van der Waals surface area contributed by atoms with E-state index in [0.29, 0.717) is 6.04 Å². The van der Waals surface area contributed by atoms with Crippen LogP contribution in [0.5, 0.6) is 5.75 Å². The van der Waals surface area contributed by atoms with E-state index >= 15 is 0 Å². The second kappa shape index (κ2) is 6.99. The average molecular weight is 358 g/mol. The Hall–Kier alpha value is -1.55. The quantitative estimate of drug-likeness (QED) is 0.724. The summed E-state index contributed by atoms with van der Waals surface area (Å²) >= 11 is 1.67. The van der Waals surface area contributed by atoms with Gasteiger partial charge in [-0.3, -0.25) is 0 Å². The lowest BCUT2D eigenvalue weighted by atomic mass is 9.60. The maximum absolute atomic E-state index is 5.45. The van der Waals surface area contributed by atoms with Gasteiger partial charge >= 0.3 is 0 Å². The third kappa shape index (κ3) is 3.84. The molecule has 1 fully saturated rings. The molecule has 1 heterocycles. The van der Waals surface area contributed by atoms with Gasteiger partial charge in [0, 0.05) is 17.0 Å². The van der Waals surface area contributed by atoms with Crippen LogP contribution < -0.4 is 10.1 Å². The molecular formula is C21H29N2OS. The molecule has 1 N–H and O–H groups in total. The van der Waals surface area contributed by atoms with Crippen LogP contribution in [0.2, 0.25) is 0 Å². The molecule has 0 aliphatic heterocycles. The van der Waals surface area contributed by atoms with E-state index in [9.17, 15) is 0 Å². The molecule has 4 heteroatoms. The predicted molar refractivity (Wildman–Crippen MR) is 107 cm³/mol. The molecule has 1 aliphatic carbocycles. The van der Waals surface area contributed by atoms with Crippen LogP contribution in [0.1, 0.15) is 46.5 Å². The highest BCUT2D eigenvalue weighted by atomic mass is 32.1. The largest absolute Gasteiger partial charge is 0.496 e. The zero-order valence-corrected chi connectivity index (χ0v) is 16.6. The smallest absolute Gasteiger partial charge is 0.183 e. The van der Waals surface area contributed by atoms with Crippen LogP contribution in [0.4, 0.5) is 5.13 Å². The Morgan fingerprint density at radius 3 is 2.56 bits per heavy atom. The van der Waals surface area contributed by atoms with Crippen LogP contribution in [0, 0.1) is 17.8 Å². The van der Waals surface area contributed by atoms with Crippen molar-refractivity contribution < 1.29 is 4.74 Å². The monoisotopic (exact) mass is 357 g/mol. The first-order chi connectivity index (χ1) is 11.8. The second-order valence-corrected chi connectivity index (χ2v) is 9.05. The highest BCUT2D eigenvalue weighted by Gasteiger charge is 2.40. The van der Waals surface area contributed by atoms with Gasteiger partial charge in [0.2, 0.25) is 0 Å². The molecule has 0 spiro atoms. The summed E-state index contributed by atoms with van der Waals surface area (Å²) in [5.74, 6) is 0.865. The van der Waals surface area contributed by atoms with Crippen LogP contribution in [0.15, 0.2) is 29.6 Å². The molecule has 0 atom stereocenters. The van der Waals surface area contributed by atoms with Gasteiger partial charge in [-0.1, -0.05) is 32.9 Å². The Morgan fingerprint density at radius 1 is 1.24 bits per heavy atom. The van der Waals surface area contributed by atoms with Crippen molar-refractivity contribution in [2.24, 2.45) is 10.8 Å². The van der Waals surface area contributed by atoms with Gasteiger partial charge in [-0.15, -0.1) is 11.3 Å². The first-order valence-corrected chi connectivity index (χ1v) is 9.91. The molecule has 25 heavy (non-hydrogen) atoms. The summed E-state index contributed by atoms with van der Waals surface area (Å²) in [5, 5.41) is 6.74. The van der Waals surface area contributed by atoms with Crippen molar-refractivity contribution in [3.8, 4) is 17.0 Å². The summed E-state index contributed by atoms with van der Waals surface area (Å²) < 4.78 is 5.45. The zero-order chi connectivity index (χ0) is 18.1. The number of anilines is 1. The highest BCUT2D eigenvalue weighted by Crippen LogP contribution is 2.49. The summed E-state index contributed by atoms with van der Waals surface area (Å²) in [6.07, 6.45) is 4.65. The molecule has 3 rings (SSSR count). The fourth-order valence-corrected chi connectivity index (χ4v) is 4.35. The fraction of sp³-hybridized carbons (Fsp3) is 0.524. The average Bonchev–Trinajstić information content (AvgIpc) is 3.04. The summed E-state index contributed by atoms with van der Waals surface area (Å²) in [6.45, 7) is 11.5. The van der Waals surface area contributed by atoms with Crippen LogP contribution in [-0.2, 0) is 0 Å². The molecule has 2 aromatic rings. The number of benzene rings is 1. The van der Waals surface area contributed by atoms with Gasteiger partial charge in [-0.25, -0.2) is 4.98 Å². The van der Waals surface area contributed by atoms with Crippen LogP contribution in [0.25, 0.3) is 11.3 Å². The van der Waals surface area contributed by atoms with E-state index in [4.69, 9.17) is 9.72 Å². The molecule has 1 saturated carbocycles. The zero-order valence-electron chi connectivity index (χ0n) is 15.8. The molecule has 3 nitrogen and oxygen atoms in total. The van der Waals surface area contributed by atoms with Gasteiger partial charge < -0.3 is 10.1 Å². The number of aromatic nitrogens is 1. The maximum atomic E-state index is 5.45. The number of ether oxygens (including phenoxy) is 1. The van der Waals surface area contributed by atoms with E-state index in [1.807, 2.05) is 18.2 Å². The SMILES string of the molecule is [CH2]C1(C(C)(C)C)CCC(Nc2nc(-c3ccccc3OC)cs2)CC1. The Bertz CT molecular complexity index is 709. The van der Waals surface area contributed by atoms with Crippen molar-refractivity contribution >= 4 is 16.5 Å². The molecule has 0 amide bonds. The number of rotatable bonds is 4. The molecule has 0 bridgehead atoms. The molecule has 135 valence electrons. The lowest BCUT2D eigenvalue weighted by Gasteiger charge is -2.46. The van der Waals surface area contributed by atoms with Crippen molar-refractivity contribution in [3.05, 3.63) is 36.6 Å². The standard InChI is InChI=1S/C21H29N2OS/c1-20(2,3)21(4)12-10-15(11-13-21)22-19-23-17(14-25-19)16-8-6-7-9-18(16)24-5/h6-9,14-15H,4,10-13H2,1-3,5H3,(H,22,23). The van der Waals surface area contributed by atoms with Gasteiger partial charge in [-0.2, -0.15) is 0 Å². The number of thiazole rings is 1. The number of hydrogen-bond acceptors (Lipinski definition) is 4. The lowest BCUT2D eigenvalue weighted by molar-refractivity contribution is 0.0853. The summed E-state index contributed by atoms with van der Waals surface area (Å²) in [4.78, 5) is 4.78. The van der Waals surface area contributed by atoms with E-state index in [0.717, 1.165) is 35.0 Å². The second-order valence-electron chi connectivity index (χ2n) is 8.19. The van der Waals surface area contributed by atoms with Gasteiger partial charge in [0.1, 0.15) is 5.75 Å². The van der Waals surface area contributed by atoms with E-state index in [1.165, 1.54) is 12.8 Å². The Kier molecular flexibility index (Phi) is 5.10. The molecule has 0 unspecified atom stereocenters. The van der Waals surface area contributed by atoms with Gasteiger partial charge in [0.15, 0.2) is 5.13 Å². The van der Waals surface area contributed by atoms with Crippen molar-refractivity contribution in [2.45, 2.75) is 52.5 Å². The van der Waals surface area contributed by atoms with Crippen LogP contribution in [-0.4, -0.2) is 18.1 Å². The number of hydrogen-bond donors (Lipinski definition) is 1. The molecule has 1 aromatic heterocycles. The Balaban J connectivity index is 1.65. The number of nitrogens with one attached hydrogen (secondary N) is 1. The highest BCUT2D eigenvalue weighted by molar-refractivity contribution is 7.14. The normalized spacial score (nSPS) is 24.1. The maximum Gasteiger partial charge on any atom is 0.183 e. The van der Waals surface area contributed by atoms with Crippen LogP contribution in [0.3, 0.4) is 0 Å². The van der Waals surface area contributed by atoms with Crippen molar-refractivity contribution in [2.75, 3.05) is 12.4 Å². The van der Waals surface area contributed by atoms with E-state index < -0.39 is 0 Å². The number of methoxy groups -OCH3 is 1. The van der Waals surface area contributed by atoms with Crippen LogP contribution >= 0.6 is 11.3 Å². The van der Waals surface area contributed by atoms with Crippen molar-refractivity contribution in [1.82, 2.24) is 4.98 Å². The first kappa shape index (κ1) is 18.2. The summed E-state index contributed by atoms with van der Waals surface area (Å²) in [5.41, 5.74) is 2.47. The fourth-order valence-electron chi connectivity index (χ4n) is 3.56. The Morgan fingerprint density at radius 2 is 1.92 bits per heavy atom. The third-order valence-electron chi connectivity index (χ3n) is 5.75. The van der Waals surface area contributed by atoms with E-state index in [1.54, 1.807) is 18.4 Å². The Labute approximate surface area is 155 Å².